The van der Waals surface area contributed by atoms with Crippen LogP contribution in [0.15, 0.2) is 10.6 Å². The maximum atomic E-state index is 13.4. The predicted octanol–water partition coefficient (Wildman–Crippen LogP) is 4.24. The summed E-state index contributed by atoms with van der Waals surface area (Å²) >= 11 is 1.64. The molecule has 1 heterocycles. The standard InChI is InChI=1S/C22H34N2O3S/c1-13-14(2)28-20(24(13)12-18(25)27-21(3,4)5)23-19(26)22-9-15-6-16(10-22)8-17(7-15)11-22/h15-17,20H,6-12H2,1-5H3,(H,23,26). The highest BCUT2D eigenvalue weighted by Gasteiger charge is 2.55. The van der Waals surface area contributed by atoms with Gasteiger partial charge < -0.3 is 15.0 Å². The van der Waals surface area contributed by atoms with Crippen molar-refractivity contribution in [1.82, 2.24) is 10.2 Å². The van der Waals surface area contributed by atoms with E-state index in [9.17, 15) is 9.59 Å². The molecule has 1 atom stereocenters. The smallest absolute Gasteiger partial charge is 0.326 e. The Kier molecular flexibility index (Phi) is 5.00. The van der Waals surface area contributed by atoms with Crippen LogP contribution < -0.4 is 5.32 Å². The van der Waals surface area contributed by atoms with Crippen molar-refractivity contribution in [2.45, 2.75) is 84.2 Å². The lowest BCUT2D eigenvalue weighted by molar-refractivity contribution is -0.156. The quantitative estimate of drug-likeness (QED) is 0.708. The molecule has 0 aromatic heterocycles. The maximum absolute atomic E-state index is 13.4. The molecule has 6 heteroatoms. The van der Waals surface area contributed by atoms with Crippen LogP contribution in [0, 0.1) is 23.2 Å². The first-order valence-electron chi connectivity index (χ1n) is 10.7. The Hall–Kier alpha value is -1.17. The van der Waals surface area contributed by atoms with Gasteiger partial charge in [-0.25, -0.2) is 0 Å². The summed E-state index contributed by atoms with van der Waals surface area (Å²) in [5.41, 5.74) is 0.158. The second kappa shape index (κ2) is 6.96. The lowest BCUT2D eigenvalue weighted by Gasteiger charge is -2.55. The van der Waals surface area contributed by atoms with Gasteiger partial charge >= 0.3 is 5.97 Å². The van der Waals surface area contributed by atoms with E-state index in [-0.39, 0.29) is 29.3 Å². The van der Waals surface area contributed by atoms with Gasteiger partial charge in [0.25, 0.3) is 0 Å². The summed E-state index contributed by atoms with van der Waals surface area (Å²) in [6.07, 6.45) is 7.15. The molecule has 1 N–H and O–H groups in total. The van der Waals surface area contributed by atoms with Crippen LogP contribution in [0.3, 0.4) is 0 Å². The number of nitrogens with one attached hydrogen (secondary N) is 1. The number of rotatable bonds is 4. The molecule has 4 bridgehead atoms. The molecule has 5 rings (SSSR count). The summed E-state index contributed by atoms with van der Waals surface area (Å²) in [5, 5.41) is 3.32. The van der Waals surface area contributed by atoms with Crippen LogP contribution in [-0.4, -0.2) is 34.4 Å². The van der Waals surface area contributed by atoms with E-state index in [1.54, 1.807) is 11.8 Å². The summed E-state index contributed by atoms with van der Waals surface area (Å²) in [6.45, 7) is 9.87. The third kappa shape index (κ3) is 3.81. The van der Waals surface area contributed by atoms with E-state index in [4.69, 9.17) is 4.74 Å². The lowest BCUT2D eigenvalue weighted by atomic mass is 9.49. The molecule has 0 spiro atoms. The zero-order chi connectivity index (χ0) is 20.3. The van der Waals surface area contributed by atoms with Crippen LogP contribution in [0.1, 0.15) is 73.1 Å². The summed E-state index contributed by atoms with van der Waals surface area (Å²) in [5.74, 6) is 2.19. The normalized spacial score (nSPS) is 36.8. The van der Waals surface area contributed by atoms with E-state index in [0.29, 0.717) is 0 Å². The zero-order valence-corrected chi connectivity index (χ0v) is 18.7. The Morgan fingerprint density at radius 2 is 1.64 bits per heavy atom. The molecule has 28 heavy (non-hydrogen) atoms. The number of esters is 1. The first-order valence-corrected chi connectivity index (χ1v) is 11.6. The van der Waals surface area contributed by atoms with Gasteiger partial charge in [-0.15, -0.1) is 0 Å². The summed E-state index contributed by atoms with van der Waals surface area (Å²) in [7, 11) is 0. The number of ether oxygens (including phenoxy) is 1. The van der Waals surface area contributed by atoms with E-state index in [1.807, 2.05) is 32.6 Å². The number of carbonyl (C=O) groups is 2. The monoisotopic (exact) mass is 406 g/mol. The van der Waals surface area contributed by atoms with Crippen LogP contribution in [0.5, 0.6) is 0 Å². The van der Waals surface area contributed by atoms with Crippen LogP contribution >= 0.6 is 11.8 Å². The highest BCUT2D eigenvalue weighted by atomic mass is 32.2. The third-order valence-electron chi connectivity index (χ3n) is 7.01. The number of hydrogen-bond acceptors (Lipinski definition) is 5. The van der Waals surface area contributed by atoms with Crippen molar-refractivity contribution in [2.24, 2.45) is 23.2 Å². The van der Waals surface area contributed by atoms with Gasteiger partial charge in [0.2, 0.25) is 5.91 Å². The molecular weight excluding hydrogens is 372 g/mol. The first kappa shape index (κ1) is 20.1. The fourth-order valence-corrected chi connectivity index (χ4v) is 7.32. The van der Waals surface area contributed by atoms with E-state index in [0.717, 1.165) is 47.6 Å². The molecule has 4 aliphatic carbocycles. The van der Waals surface area contributed by atoms with Gasteiger partial charge in [0.1, 0.15) is 12.1 Å². The topological polar surface area (TPSA) is 58.6 Å². The average Bonchev–Trinajstić information content (AvgIpc) is 2.79. The fourth-order valence-electron chi connectivity index (χ4n) is 6.17. The van der Waals surface area contributed by atoms with E-state index in [2.05, 4.69) is 12.2 Å². The Bertz CT molecular complexity index is 674. The molecule has 5 nitrogen and oxygen atoms in total. The highest BCUT2D eigenvalue weighted by molar-refractivity contribution is 8.03. The SMILES string of the molecule is CC1=C(C)N(CC(=O)OC(C)(C)C)C(NC(=O)C23CC4CC(CC(C4)C2)C3)S1. The summed E-state index contributed by atoms with van der Waals surface area (Å²) < 4.78 is 5.51. The lowest BCUT2D eigenvalue weighted by Crippen LogP contribution is -2.56. The van der Waals surface area contributed by atoms with Gasteiger partial charge in [-0.1, -0.05) is 11.8 Å². The number of hydrogen-bond donors (Lipinski definition) is 1. The van der Waals surface area contributed by atoms with E-state index < -0.39 is 5.60 Å². The Morgan fingerprint density at radius 3 is 2.14 bits per heavy atom. The minimum absolute atomic E-state index is 0.166. The molecule has 1 aliphatic heterocycles. The highest BCUT2D eigenvalue weighted by Crippen LogP contribution is 2.60. The Labute approximate surface area is 173 Å². The van der Waals surface area contributed by atoms with Crippen molar-refractivity contribution in [3.63, 3.8) is 0 Å². The Balaban J connectivity index is 1.44. The largest absolute Gasteiger partial charge is 0.459 e. The second-order valence-electron chi connectivity index (χ2n) is 10.5. The number of nitrogens with zero attached hydrogens (tertiary/aromatic N) is 1. The molecule has 0 aromatic carbocycles. The zero-order valence-electron chi connectivity index (χ0n) is 17.8. The van der Waals surface area contributed by atoms with Crippen LogP contribution in [-0.2, 0) is 14.3 Å². The molecule has 1 amide bonds. The van der Waals surface area contributed by atoms with Gasteiger partial charge in [0, 0.05) is 10.6 Å². The van der Waals surface area contributed by atoms with Gasteiger partial charge in [-0.05, 0) is 90.9 Å². The summed E-state index contributed by atoms with van der Waals surface area (Å²) in [6, 6.07) is 0. The van der Waals surface area contributed by atoms with Crippen molar-refractivity contribution < 1.29 is 14.3 Å². The summed E-state index contributed by atoms with van der Waals surface area (Å²) in [4.78, 5) is 29.0. The fraction of sp³-hybridized carbons (Fsp3) is 0.818. The average molecular weight is 407 g/mol. The number of carbonyl (C=O) groups excluding carboxylic acids is 2. The van der Waals surface area contributed by atoms with Crippen LogP contribution in [0.2, 0.25) is 0 Å². The van der Waals surface area contributed by atoms with Crippen molar-refractivity contribution in [3.8, 4) is 0 Å². The molecule has 0 radical (unpaired) electrons. The number of allylic oxidation sites excluding steroid dienone is 2. The molecule has 5 aliphatic rings. The van der Waals surface area contributed by atoms with Gasteiger partial charge in [0.15, 0.2) is 5.50 Å². The van der Waals surface area contributed by atoms with Gasteiger partial charge in [-0.3, -0.25) is 9.59 Å². The van der Waals surface area contributed by atoms with Crippen molar-refractivity contribution in [2.75, 3.05) is 6.54 Å². The van der Waals surface area contributed by atoms with Crippen LogP contribution in [0.4, 0.5) is 0 Å². The van der Waals surface area contributed by atoms with Gasteiger partial charge in [-0.2, -0.15) is 0 Å². The predicted molar refractivity (Wildman–Crippen MR) is 111 cm³/mol. The van der Waals surface area contributed by atoms with Crippen molar-refractivity contribution in [3.05, 3.63) is 10.6 Å². The minimum atomic E-state index is -0.505. The molecular formula is C22H34N2O3S. The minimum Gasteiger partial charge on any atom is -0.459 e. The van der Waals surface area contributed by atoms with Gasteiger partial charge in [0.05, 0.1) is 5.41 Å². The van der Waals surface area contributed by atoms with Crippen molar-refractivity contribution >= 4 is 23.6 Å². The van der Waals surface area contributed by atoms with Crippen LogP contribution in [0.25, 0.3) is 0 Å². The molecule has 0 aromatic rings. The molecule has 4 saturated carbocycles. The Morgan fingerprint density at radius 1 is 1.11 bits per heavy atom. The number of amides is 1. The van der Waals surface area contributed by atoms with E-state index in [1.165, 1.54) is 19.3 Å². The molecule has 1 unspecified atom stereocenters. The molecule has 156 valence electrons. The van der Waals surface area contributed by atoms with E-state index >= 15 is 0 Å². The second-order valence-corrected chi connectivity index (χ2v) is 11.8. The maximum Gasteiger partial charge on any atom is 0.326 e. The first-order chi connectivity index (χ1) is 13.0. The molecule has 4 fully saturated rings. The number of thioether (sulfide) groups is 1. The van der Waals surface area contributed by atoms with Crippen molar-refractivity contribution in [1.29, 1.82) is 0 Å². The molecule has 0 saturated heterocycles. The third-order valence-corrected chi connectivity index (χ3v) is 8.25.